The van der Waals surface area contributed by atoms with Crippen LogP contribution in [0.2, 0.25) is 0 Å². The van der Waals surface area contributed by atoms with Gasteiger partial charge in [0.05, 0.1) is 0 Å². The maximum absolute atomic E-state index is 13.1. The highest BCUT2D eigenvalue weighted by atomic mass is 32.1. The number of rotatable bonds is 7. The first-order valence-corrected chi connectivity index (χ1v) is 9.58. The second kappa shape index (κ2) is 8.71. The molecule has 1 aliphatic rings. The molecule has 1 atom stereocenters. The Kier molecular flexibility index (Phi) is 6.12. The number of hydrogen-bond acceptors (Lipinski definition) is 5. The van der Waals surface area contributed by atoms with E-state index in [1.165, 1.54) is 4.90 Å². The largest absolute Gasteiger partial charge is 0.351 e. The molecule has 0 unspecified atom stereocenters. The van der Waals surface area contributed by atoms with Crippen molar-refractivity contribution in [2.24, 2.45) is 0 Å². The minimum absolute atomic E-state index is 0.165. The molecule has 1 aromatic heterocycles. The number of nitrogens with one attached hydrogen (secondary N) is 1. The average Bonchev–Trinajstić information content (AvgIpc) is 3.35. The molecule has 1 heterocycles. The first-order chi connectivity index (χ1) is 12.7. The Morgan fingerprint density at radius 3 is 2.65 bits per heavy atom. The smallest absolute Gasteiger partial charge is 0.276 e. The van der Waals surface area contributed by atoms with Crippen molar-refractivity contribution in [3.8, 4) is 0 Å². The molecule has 1 fully saturated rings. The van der Waals surface area contributed by atoms with E-state index < -0.39 is 6.04 Å². The number of aromatic nitrogens is 2. The van der Waals surface area contributed by atoms with Crippen molar-refractivity contribution >= 4 is 23.3 Å². The molecule has 2 aromatic rings. The highest BCUT2D eigenvalue weighted by Crippen LogP contribution is 2.25. The molecule has 0 radical (unpaired) electrons. The van der Waals surface area contributed by atoms with Gasteiger partial charge in [0.25, 0.3) is 5.91 Å². The summed E-state index contributed by atoms with van der Waals surface area (Å²) in [6.07, 6.45) is 5.84. The fourth-order valence-corrected chi connectivity index (χ4v) is 3.74. The van der Waals surface area contributed by atoms with Crippen LogP contribution < -0.4 is 5.32 Å². The van der Waals surface area contributed by atoms with Crippen LogP contribution in [0.25, 0.3) is 0 Å². The number of carbonyl (C=O) groups is 2. The van der Waals surface area contributed by atoms with Gasteiger partial charge in [-0.05, 0) is 29.9 Å². The summed E-state index contributed by atoms with van der Waals surface area (Å²) in [5.41, 5.74) is 1.01. The van der Waals surface area contributed by atoms with Crippen LogP contribution in [0.3, 0.4) is 0 Å². The zero-order valence-corrected chi connectivity index (χ0v) is 15.3. The Labute approximate surface area is 157 Å². The van der Waals surface area contributed by atoms with Gasteiger partial charge < -0.3 is 10.2 Å². The second-order valence-corrected chi connectivity index (χ2v) is 6.95. The van der Waals surface area contributed by atoms with Gasteiger partial charge in [0.1, 0.15) is 6.04 Å². The normalized spacial score (nSPS) is 15.4. The van der Waals surface area contributed by atoms with Crippen LogP contribution in [0.5, 0.6) is 0 Å². The van der Waals surface area contributed by atoms with Gasteiger partial charge in [-0.15, -0.1) is 11.7 Å². The van der Waals surface area contributed by atoms with E-state index in [2.05, 4.69) is 21.5 Å². The molecule has 136 valence electrons. The molecule has 0 aliphatic heterocycles. The summed E-state index contributed by atoms with van der Waals surface area (Å²) >= 11 is 1.11. The molecule has 1 aromatic carbocycles. The van der Waals surface area contributed by atoms with Gasteiger partial charge in [0.15, 0.2) is 5.69 Å². The molecule has 0 bridgehead atoms. The summed E-state index contributed by atoms with van der Waals surface area (Å²) in [7, 11) is 0. The molecule has 0 saturated heterocycles. The SMILES string of the molecule is C=CCN(C(=O)c1csnn1)[C@H](C(=O)NC1CCCC1)c1ccccc1. The van der Waals surface area contributed by atoms with Crippen LogP contribution in [0.15, 0.2) is 48.4 Å². The Balaban J connectivity index is 1.92. The third-order valence-corrected chi connectivity index (χ3v) is 5.05. The quantitative estimate of drug-likeness (QED) is 0.761. The zero-order chi connectivity index (χ0) is 18.4. The lowest BCUT2D eigenvalue weighted by Crippen LogP contribution is -2.46. The Hall–Kier alpha value is -2.54. The van der Waals surface area contributed by atoms with Crippen molar-refractivity contribution in [3.63, 3.8) is 0 Å². The lowest BCUT2D eigenvalue weighted by molar-refractivity contribution is -0.126. The van der Waals surface area contributed by atoms with Crippen LogP contribution in [0.1, 0.15) is 47.8 Å². The maximum atomic E-state index is 13.1. The van der Waals surface area contributed by atoms with Gasteiger partial charge >= 0.3 is 0 Å². The number of benzene rings is 1. The lowest BCUT2D eigenvalue weighted by atomic mass is 10.0. The lowest BCUT2D eigenvalue weighted by Gasteiger charge is -2.31. The van der Waals surface area contributed by atoms with Gasteiger partial charge in [-0.25, -0.2) is 0 Å². The first kappa shape index (κ1) is 18.3. The summed E-state index contributed by atoms with van der Waals surface area (Å²) in [5, 5.41) is 8.58. The van der Waals surface area contributed by atoms with E-state index >= 15 is 0 Å². The first-order valence-electron chi connectivity index (χ1n) is 8.75. The van der Waals surface area contributed by atoms with Gasteiger partial charge in [-0.2, -0.15) is 0 Å². The molecule has 1 saturated carbocycles. The van der Waals surface area contributed by atoms with Gasteiger partial charge in [-0.3, -0.25) is 9.59 Å². The minimum Gasteiger partial charge on any atom is -0.351 e. The molecular weight excluding hydrogens is 348 g/mol. The summed E-state index contributed by atoms with van der Waals surface area (Å²) in [6, 6.07) is 8.79. The zero-order valence-electron chi connectivity index (χ0n) is 14.5. The summed E-state index contributed by atoms with van der Waals surface area (Å²) < 4.78 is 3.76. The highest BCUT2D eigenvalue weighted by Gasteiger charge is 2.33. The van der Waals surface area contributed by atoms with Crippen molar-refractivity contribution in [1.29, 1.82) is 0 Å². The van der Waals surface area contributed by atoms with Crippen molar-refractivity contribution in [3.05, 3.63) is 59.6 Å². The fourth-order valence-electron chi connectivity index (χ4n) is 3.31. The van der Waals surface area contributed by atoms with Crippen LogP contribution >= 0.6 is 11.5 Å². The van der Waals surface area contributed by atoms with E-state index in [0.717, 1.165) is 42.8 Å². The number of amides is 2. The second-order valence-electron chi connectivity index (χ2n) is 6.34. The molecule has 1 aliphatic carbocycles. The summed E-state index contributed by atoms with van der Waals surface area (Å²) in [4.78, 5) is 27.6. The molecular formula is C19H22N4O2S. The standard InChI is InChI=1S/C19H22N4O2S/c1-2-12-23(19(25)16-13-26-22-21-16)17(14-8-4-3-5-9-14)18(24)20-15-10-6-7-11-15/h2-5,8-9,13,15,17H,1,6-7,10-12H2,(H,20,24)/t17-/m0/s1. The highest BCUT2D eigenvalue weighted by molar-refractivity contribution is 7.03. The molecule has 7 heteroatoms. The molecule has 2 amide bonds. The van der Waals surface area contributed by atoms with Gasteiger partial charge in [0, 0.05) is 18.0 Å². The molecule has 1 N–H and O–H groups in total. The third kappa shape index (κ3) is 4.16. The molecule has 6 nitrogen and oxygen atoms in total. The maximum Gasteiger partial charge on any atom is 0.276 e. The van der Waals surface area contributed by atoms with Crippen LogP contribution in [0.4, 0.5) is 0 Å². The Morgan fingerprint density at radius 1 is 1.31 bits per heavy atom. The van der Waals surface area contributed by atoms with Crippen molar-refractivity contribution in [2.45, 2.75) is 37.8 Å². The summed E-state index contributed by atoms with van der Waals surface area (Å²) in [5.74, 6) is -0.490. The van der Waals surface area contributed by atoms with E-state index in [9.17, 15) is 9.59 Å². The molecule has 0 spiro atoms. The molecule has 3 rings (SSSR count). The van der Waals surface area contributed by atoms with Gasteiger partial charge in [-0.1, -0.05) is 53.7 Å². The van der Waals surface area contributed by atoms with E-state index in [-0.39, 0.29) is 30.1 Å². The number of carbonyl (C=O) groups excluding carboxylic acids is 2. The minimum atomic E-state index is -0.732. The van der Waals surface area contributed by atoms with E-state index in [4.69, 9.17) is 0 Å². The predicted octanol–water partition coefficient (Wildman–Crippen LogP) is 2.97. The fraction of sp³-hybridized carbons (Fsp3) is 0.368. The van der Waals surface area contributed by atoms with Crippen molar-refractivity contribution in [2.75, 3.05) is 6.54 Å². The van der Waals surface area contributed by atoms with Crippen LogP contribution in [-0.2, 0) is 4.79 Å². The van der Waals surface area contributed by atoms with Crippen molar-refractivity contribution in [1.82, 2.24) is 19.8 Å². The third-order valence-electron chi connectivity index (χ3n) is 4.54. The van der Waals surface area contributed by atoms with Crippen molar-refractivity contribution < 1.29 is 9.59 Å². The number of nitrogens with zero attached hydrogens (tertiary/aromatic N) is 3. The predicted molar refractivity (Wildman–Crippen MR) is 101 cm³/mol. The Morgan fingerprint density at radius 2 is 2.04 bits per heavy atom. The van der Waals surface area contributed by atoms with Gasteiger partial charge in [0.2, 0.25) is 5.91 Å². The average molecular weight is 370 g/mol. The van der Waals surface area contributed by atoms with Crippen LogP contribution in [-0.4, -0.2) is 38.9 Å². The van der Waals surface area contributed by atoms with E-state index in [0.29, 0.717) is 0 Å². The monoisotopic (exact) mass is 370 g/mol. The summed E-state index contributed by atoms with van der Waals surface area (Å²) in [6.45, 7) is 3.99. The molecule has 26 heavy (non-hydrogen) atoms. The van der Waals surface area contributed by atoms with Crippen LogP contribution in [0, 0.1) is 0 Å². The van der Waals surface area contributed by atoms with E-state index in [1.807, 2.05) is 30.3 Å². The Bertz CT molecular complexity index is 742. The topological polar surface area (TPSA) is 75.2 Å². The van der Waals surface area contributed by atoms with E-state index in [1.54, 1.807) is 11.5 Å². The number of hydrogen-bond donors (Lipinski definition) is 1.